The third-order valence-corrected chi connectivity index (χ3v) is 6.19. The fourth-order valence-electron chi connectivity index (χ4n) is 4.48. The second-order valence-corrected chi connectivity index (χ2v) is 7.90. The van der Waals surface area contributed by atoms with Crippen LogP contribution in [0.4, 0.5) is 0 Å². The molecule has 0 amide bonds. The van der Waals surface area contributed by atoms with Gasteiger partial charge in [0.15, 0.2) is 0 Å². The molecule has 2 aliphatic rings. The van der Waals surface area contributed by atoms with Crippen molar-refractivity contribution in [1.82, 2.24) is 0 Å². The molecule has 1 saturated carbocycles. The van der Waals surface area contributed by atoms with Gasteiger partial charge in [0.1, 0.15) is 11.9 Å². The van der Waals surface area contributed by atoms with E-state index in [4.69, 9.17) is 14.2 Å². The van der Waals surface area contributed by atoms with E-state index in [0.717, 1.165) is 17.2 Å². The van der Waals surface area contributed by atoms with E-state index >= 15 is 0 Å². The van der Waals surface area contributed by atoms with Crippen molar-refractivity contribution in [3.05, 3.63) is 42.5 Å². The molecule has 1 aliphatic heterocycles. The number of ether oxygens (including phenoxy) is 3. The van der Waals surface area contributed by atoms with Crippen molar-refractivity contribution in [2.45, 2.75) is 58.2 Å². The number of hydrogen-bond donors (Lipinski definition) is 0. The van der Waals surface area contributed by atoms with Crippen LogP contribution in [0.25, 0.3) is 0 Å². The van der Waals surface area contributed by atoms with Crippen molar-refractivity contribution in [3.63, 3.8) is 0 Å². The topological polar surface area (TPSA) is 27.7 Å². The second kappa shape index (κ2) is 10.7. The molecule has 1 aliphatic carbocycles. The van der Waals surface area contributed by atoms with Crippen LogP contribution >= 0.6 is 0 Å². The third-order valence-electron chi connectivity index (χ3n) is 6.19. The highest BCUT2D eigenvalue weighted by Gasteiger charge is 2.33. The molecular weight excluding hydrogens is 348 g/mol. The van der Waals surface area contributed by atoms with E-state index < -0.39 is 0 Å². The van der Waals surface area contributed by atoms with Crippen LogP contribution in [0.3, 0.4) is 0 Å². The standard InChI is InChI=1S/C25H34O3/c1-4-20(5-2)21-10-12-22(13-11-21)25-18-27-24(17-28-25)16-9-19-7-14-23(15-8-19)26-6-3/h4,7-8,14-15,20-22,24-25H,1,5-6,10-13,17-18H2,2-3H3/t20?,21-,22-,24?,25?. The Morgan fingerprint density at radius 2 is 1.86 bits per heavy atom. The van der Waals surface area contributed by atoms with Crippen molar-refractivity contribution >= 4 is 0 Å². The number of benzene rings is 1. The van der Waals surface area contributed by atoms with Crippen molar-refractivity contribution in [2.24, 2.45) is 17.8 Å². The lowest BCUT2D eigenvalue weighted by atomic mass is 9.73. The van der Waals surface area contributed by atoms with E-state index in [9.17, 15) is 0 Å². The summed E-state index contributed by atoms with van der Waals surface area (Å²) >= 11 is 0. The second-order valence-electron chi connectivity index (χ2n) is 7.90. The van der Waals surface area contributed by atoms with Crippen LogP contribution in [0.15, 0.2) is 36.9 Å². The molecule has 3 unspecified atom stereocenters. The predicted molar refractivity (Wildman–Crippen MR) is 113 cm³/mol. The molecule has 0 radical (unpaired) electrons. The SMILES string of the molecule is C=CC(CC)[C@H]1CC[C@H](C2COC(C#Cc3ccc(OCC)cc3)CO2)CC1. The maximum absolute atomic E-state index is 6.15. The first kappa shape index (κ1) is 21.0. The van der Waals surface area contributed by atoms with Gasteiger partial charge in [-0.1, -0.05) is 24.8 Å². The molecule has 1 heterocycles. The Bertz CT molecular complexity index is 653. The molecule has 3 nitrogen and oxygen atoms in total. The first-order valence-corrected chi connectivity index (χ1v) is 10.8. The van der Waals surface area contributed by atoms with Gasteiger partial charge in [-0.3, -0.25) is 0 Å². The quantitative estimate of drug-likeness (QED) is 0.497. The molecule has 0 bridgehead atoms. The molecule has 0 spiro atoms. The molecule has 0 aromatic heterocycles. The smallest absolute Gasteiger partial charge is 0.141 e. The molecular formula is C25H34O3. The Balaban J connectivity index is 1.43. The van der Waals surface area contributed by atoms with E-state index in [-0.39, 0.29) is 12.2 Å². The highest BCUT2D eigenvalue weighted by Crippen LogP contribution is 2.37. The number of allylic oxidation sites excluding steroid dienone is 1. The lowest BCUT2D eigenvalue weighted by molar-refractivity contribution is -0.138. The van der Waals surface area contributed by atoms with Crippen LogP contribution in [0.5, 0.6) is 5.75 Å². The van der Waals surface area contributed by atoms with E-state index in [1.807, 2.05) is 31.2 Å². The van der Waals surface area contributed by atoms with Crippen molar-refractivity contribution in [2.75, 3.05) is 19.8 Å². The van der Waals surface area contributed by atoms with E-state index in [2.05, 4.69) is 31.4 Å². The molecule has 28 heavy (non-hydrogen) atoms. The van der Waals surface area contributed by atoms with Crippen LogP contribution < -0.4 is 4.74 Å². The van der Waals surface area contributed by atoms with E-state index in [0.29, 0.717) is 31.7 Å². The van der Waals surface area contributed by atoms with Gasteiger partial charge in [0.25, 0.3) is 0 Å². The summed E-state index contributed by atoms with van der Waals surface area (Å²) in [5.74, 6) is 9.36. The molecule has 152 valence electrons. The van der Waals surface area contributed by atoms with Crippen LogP contribution in [0.2, 0.25) is 0 Å². The maximum Gasteiger partial charge on any atom is 0.141 e. The van der Waals surface area contributed by atoms with Crippen molar-refractivity contribution in [1.29, 1.82) is 0 Å². The minimum Gasteiger partial charge on any atom is -0.494 e. The van der Waals surface area contributed by atoms with Crippen molar-refractivity contribution in [3.8, 4) is 17.6 Å². The van der Waals surface area contributed by atoms with E-state index in [1.54, 1.807) is 0 Å². The lowest BCUT2D eigenvalue weighted by Gasteiger charge is -2.38. The molecule has 3 rings (SSSR count). The fraction of sp³-hybridized carbons (Fsp3) is 0.600. The summed E-state index contributed by atoms with van der Waals surface area (Å²) in [5.41, 5.74) is 0.972. The lowest BCUT2D eigenvalue weighted by Crippen LogP contribution is -2.41. The summed E-state index contributed by atoms with van der Waals surface area (Å²) in [4.78, 5) is 0. The minimum absolute atomic E-state index is 0.135. The zero-order valence-electron chi connectivity index (χ0n) is 17.4. The zero-order valence-corrected chi connectivity index (χ0v) is 17.4. The monoisotopic (exact) mass is 382 g/mol. The van der Waals surface area contributed by atoms with Crippen LogP contribution in [-0.4, -0.2) is 32.0 Å². The maximum atomic E-state index is 6.15. The Morgan fingerprint density at radius 3 is 2.43 bits per heavy atom. The first-order chi connectivity index (χ1) is 13.7. The average Bonchev–Trinajstić information content (AvgIpc) is 2.75. The van der Waals surface area contributed by atoms with Gasteiger partial charge in [-0.05, 0) is 81.0 Å². The largest absolute Gasteiger partial charge is 0.494 e. The zero-order chi connectivity index (χ0) is 19.8. The van der Waals surface area contributed by atoms with Gasteiger partial charge in [-0.2, -0.15) is 0 Å². The van der Waals surface area contributed by atoms with Gasteiger partial charge in [0, 0.05) is 5.56 Å². The van der Waals surface area contributed by atoms with Gasteiger partial charge in [0.05, 0.1) is 25.9 Å². The van der Waals surface area contributed by atoms with Gasteiger partial charge in [0.2, 0.25) is 0 Å². The summed E-state index contributed by atoms with van der Waals surface area (Å²) in [7, 11) is 0. The molecule has 3 heteroatoms. The summed E-state index contributed by atoms with van der Waals surface area (Å²) < 4.78 is 17.6. The average molecular weight is 383 g/mol. The molecule has 1 aromatic rings. The molecule has 1 saturated heterocycles. The highest BCUT2D eigenvalue weighted by molar-refractivity contribution is 5.38. The molecule has 2 fully saturated rings. The van der Waals surface area contributed by atoms with Gasteiger partial charge in [-0.15, -0.1) is 6.58 Å². The van der Waals surface area contributed by atoms with Gasteiger partial charge < -0.3 is 14.2 Å². The predicted octanol–water partition coefficient (Wildman–Crippen LogP) is 5.24. The summed E-state index contributed by atoms with van der Waals surface area (Å²) in [6, 6.07) is 7.87. The van der Waals surface area contributed by atoms with Crippen LogP contribution in [0.1, 0.15) is 51.5 Å². The number of hydrogen-bond acceptors (Lipinski definition) is 3. The summed E-state index contributed by atoms with van der Waals surface area (Å²) in [6.07, 6.45) is 8.51. The Hall–Kier alpha value is -1.76. The van der Waals surface area contributed by atoms with E-state index in [1.165, 1.54) is 32.1 Å². The molecule has 0 N–H and O–H groups in total. The molecule has 3 atom stereocenters. The summed E-state index contributed by atoms with van der Waals surface area (Å²) in [5, 5.41) is 0. The fourth-order valence-corrected chi connectivity index (χ4v) is 4.48. The normalized spacial score (nSPS) is 28.6. The van der Waals surface area contributed by atoms with Gasteiger partial charge >= 0.3 is 0 Å². The van der Waals surface area contributed by atoms with Crippen molar-refractivity contribution < 1.29 is 14.2 Å². The third kappa shape index (κ3) is 5.63. The van der Waals surface area contributed by atoms with Crippen LogP contribution in [-0.2, 0) is 9.47 Å². The summed E-state index contributed by atoms with van der Waals surface area (Å²) in [6.45, 7) is 10.2. The minimum atomic E-state index is -0.135. The Morgan fingerprint density at radius 1 is 1.11 bits per heavy atom. The van der Waals surface area contributed by atoms with Gasteiger partial charge in [-0.25, -0.2) is 0 Å². The van der Waals surface area contributed by atoms with Crippen LogP contribution in [0, 0.1) is 29.6 Å². The Labute approximate surface area is 170 Å². The highest BCUT2D eigenvalue weighted by atomic mass is 16.6. The Kier molecular flexibility index (Phi) is 8.01. The number of rotatable bonds is 6. The first-order valence-electron chi connectivity index (χ1n) is 10.8. The molecule has 1 aromatic carbocycles.